The van der Waals surface area contributed by atoms with Crippen molar-refractivity contribution in [2.24, 2.45) is 5.92 Å². The van der Waals surface area contributed by atoms with Gasteiger partial charge in [-0.25, -0.2) is 9.50 Å². The third-order valence-electron chi connectivity index (χ3n) is 6.89. The van der Waals surface area contributed by atoms with Crippen molar-refractivity contribution in [1.82, 2.24) is 24.4 Å². The second kappa shape index (κ2) is 7.59. The van der Waals surface area contributed by atoms with E-state index < -0.39 is 0 Å². The minimum absolute atomic E-state index is 0.0558. The molecule has 1 N–H and O–H groups in total. The zero-order chi connectivity index (χ0) is 20.0. The molecule has 2 aromatic rings. The number of carbonyl (C=O) groups excluding carboxylic acids is 1. The van der Waals surface area contributed by atoms with E-state index in [2.05, 4.69) is 10.00 Å². The fourth-order valence-electron chi connectivity index (χ4n) is 5.03. The van der Waals surface area contributed by atoms with E-state index in [1.807, 2.05) is 17.9 Å². The van der Waals surface area contributed by atoms with E-state index in [9.17, 15) is 9.59 Å². The van der Waals surface area contributed by atoms with Gasteiger partial charge in [-0.3, -0.25) is 19.6 Å². The Kier molecular flexibility index (Phi) is 4.94. The summed E-state index contributed by atoms with van der Waals surface area (Å²) >= 11 is 0. The predicted molar refractivity (Wildman–Crippen MR) is 111 cm³/mol. The number of nitrogens with zero attached hydrogens (tertiary/aromatic N) is 4. The van der Waals surface area contributed by atoms with Gasteiger partial charge >= 0.3 is 0 Å². The Morgan fingerprint density at radius 2 is 1.97 bits per heavy atom. The van der Waals surface area contributed by atoms with Crippen LogP contribution in [0.4, 0.5) is 0 Å². The molecular formula is C22H31N5O2. The van der Waals surface area contributed by atoms with Gasteiger partial charge < -0.3 is 4.90 Å². The molecule has 3 aliphatic rings. The van der Waals surface area contributed by atoms with Gasteiger partial charge in [0.05, 0.1) is 11.7 Å². The number of carbonyl (C=O) groups is 1. The van der Waals surface area contributed by atoms with E-state index in [-0.39, 0.29) is 11.5 Å². The van der Waals surface area contributed by atoms with Crippen molar-refractivity contribution in [1.29, 1.82) is 0 Å². The molecule has 156 valence electrons. The Balaban J connectivity index is 1.37. The lowest BCUT2D eigenvalue weighted by Gasteiger charge is -2.23. The summed E-state index contributed by atoms with van der Waals surface area (Å²) in [6, 6.07) is 2.40. The van der Waals surface area contributed by atoms with Crippen LogP contribution in [-0.4, -0.2) is 56.5 Å². The van der Waals surface area contributed by atoms with Crippen molar-refractivity contribution < 1.29 is 4.79 Å². The van der Waals surface area contributed by atoms with E-state index in [0.29, 0.717) is 30.1 Å². The first-order valence-electron chi connectivity index (χ1n) is 11.2. The number of aromatic amines is 1. The Hall–Kier alpha value is -2.15. The predicted octanol–water partition coefficient (Wildman–Crippen LogP) is 2.43. The number of fused-ring (bicyclic) bond motifs is 1. The van der Waals surface area contributed by atoms with Crippen LogP contribution in [0.2, 0.25) is 0 Å². The summed E-state index contributed by atoms with van der Waals surface area (Å²) in [7, 11) is 0. The average molecular weight is 398 g/mol. The molecule has 1 aliphatic carbocycles. The summed E-state index contributed by atoms with van der Waals surface area (Å²) in [5.74, 6) is 1.02. The molecule has 1 amide bonds. The third kappa shape index (κ3) is 3.72. The SMILES string of the molecule is Cc1nc2cc([C@H]3CCCN3CC3CC3)[nH]n2c(=O)c1CCC(=O)N1CCCC1. The summed E-state index contributed by atoms with van der Waals surface area (Å²) in [4.78, 5) is 34.7. The Labute approximate surface area is 171 Å². The molecule has 2 aliphatic heterocycles. The number of rotatable bonds is 6. The molecule has 0 spiro atoms. The lowest BCUT2D eigenvalue weighted by Crippen LogP contribution is -2.29. The highest BCUT2D eigenvalue weighted by molar-refractivity contribution is 5.76. The lowest BCUT2D eigenvalue weighted by atomic mass is 10.1. The highest BCUT2D eigenvalue weighted by Gasteiger charge is 2.33. The smallest absolute Gasteiger partial charge is 0.276 e. The van der Waals surface area contributed by atoms with Gasteiger partial charge in [0.2, 0.25) is 5.91 Å². The molecular weight excluding hydrogens is 366 g/mol. The molecule has 0 aromatic carbocycles. The van der Waals surface area contributed by atoms with Gasteiger partial charge in [0, 0.05) is 43.4 Å². The largest absolute Gasteiger partial charge is 0.343 e. The molecule has 2 saturated heterocycles. The molecule has 1 saturated carbocycles. The molecule has 3 fully saturated rings. The number of H-pyrrole nitrogens is 1. The summed E-state index contributed by atoms with van der Waals surface area (Å²) in [6.07, 6.45) is 8.07. The highest BCUT2D eigenvalue weighted by Crippen LogP contribution is 2.37. The maximum Gasteiger partial charge on any atom is 0.276 e. The van der Waals surface area contributed by atoms with Crippen LogP contribution in [0.25, 0.3) is 5.65 Å². The minimum Gasteiger partial charge on any atom is -0.343 e. The molecule has 7 nitrogen and oxygen atoms in total. The van der Waals surface area contributed by atoms with Crippen molar-refractivity contribution in [3.63, 3.8) is 0 Å². The minimum atomic E-state index is -0.0558. The fraction of sp³-hybridized carbons (Fsp3) is 0.682. The van der Waals surface area contributed by atoms with Crippen molar-refractivity contribution in [3.05, 3.63) is 33.4 Å². The topological polar surface area (TPSA) is 73.7 Å². The number of aryl methyl sites for hydroxylation is 1. The van der Waals surface area contributed by atoms with Crippen LogP contribution in [0, 0.1) is 12.8 Å². The third-order valence-corrected chi connectivity index (χ3v) is 6.89. The van der Waals surface area contributed by atoms with Gasteiger partial charge in [-0.15, -0.1) is 0 Å². The highest BCUT2D eigenvalue weighted by atomic mass is 16.2. The Morgan fingerprint density at radius 1 is 1.17 bits per heavy atom. The van der Waals surface area contributed by atoms with Gasteiger partial charge in [-0.1, -0.05) is 0 Å². The monoisotopic (exact) mass is 397 g/mol. The second-order valence-electron chi connectivity index (χ2n) is 9.07. The van der Waals surface area contributed by atoms with Gasteiger partial charge in [0.1, 0.15) is 0 Å². The van der Waals surface area contributed by atoms with Crippen LogP contribution >= 0.6 is 0 Å². The summed E-state index contributed by atoms with van der Waals surface area (Å²) < 4.78 is 1.59. The standard InChI is InChI=1S/C22H31N5O2/c1-15-17(8-9-21(28)25-10-2-3-11-25)22(29)27-20(23-15)13-18(24-27)19-5-4-12-26(19)14-16-6-7-16/h13,16,19,24H,2-12,14H2,1H3/t19-/m1/s1. The number of hydrogen-bond acceptors (Lipinski definition) is 4. The zero-order valence-electron chi connectivity index (χ0n) is 17.3. The first-order valence-corrected chi connectivity index (χ1v) is 11.2. The molecule has 7 heteroatoms. The molecule has 5 rings (SSSR count). The van der Waals surface area contributed by atoms with E-state index in [4.69, 9.17) is 4.98 Å². The molecule has 0 bridgehead atoms. The maximum atomic E-state index is 13.1. The van der Waals surface area contributed by atoms with Crippen LogP contribution in [0.3, 0.4) is 0 Å². The molecule has 29 heavy (non-hydrogen) atoms. The van der Waals surface area contributed by atoms with E-state index in [0.717, 1.165) is 56.2 Å². The Morgan fingerprint density at radius 3 is 2.72 bits per heavy atom. The van der Waals surface area contributed by atoms with Crippen LogP contribution in [-0.2, 0) is 11.2 Å². The molecule has 1 atom stereocenters. The van der Waals surface area contributed by atoms with Gasteiger partial charge in [-0.2, -0.15) is 0 Å². The number of hydrogen-bond donors (Lipinski definition) is 1. The van der Waals surface area contributed by atoms with E-state index >= 15 is 0 Å². The van der Waals surface area contributed by atoms with Gasteiger partial charge in [-0.05, 0) is 64.3 Å². The van der Waals surface area contributed by atoms with Crippen molar-refractivity contribution in [3.8, 4) is 0 Å². The van der Waals surface area contributed by atoms with Crippen LogP contribution < -0.4 is 5.56 Å². The number of nitrogens with one attached hydrogen (secondary N) is 1. The molecule has 2 aromatic heterocycles. The Bertz CT molecular complexity index is 967. The summed E-state index contributed by atoms with van der Waals surface area (Å²) in [5, 5.41) is 3.34. The van der Waals surface area contributed by atoms with Crippen LogP contribution in [0.1, 0.15) is 67.9 Å². The van der Waals surface area contributed by atoms with Crippen LogP contribution in [0.15, 0.2) is 10.9 Å². The number of likely N-dealkylation sites (tertiary alicyclic amines) is 2. The second-order valence-corrected chi connectivity index (χ2v) is 9.07. The average Bonchev–Trinajstić information content (AvgIpc) is 3.11. The quantitative estimate of drug-likeness (QED) is 0.813. The van der Waals surface area contributed by atoms with Gasteiger partial charge in [0.15, 0.2) is 5.65 Å². The van der Waals surface area contributed by atoms with Crippen molar-refractivity contribution >= 4 is 11.6 Å². The lowest BCUT2D eigenvalue weighted by molar-refractivity contribution is -0.130. The summed E-state index contributed by atoms with van der Waals surface area (Å²) in [5.41, 5.74) is 3.13. The maximum absolute atomic E-state index is 13.1. The fourth-order valence-corrected chi connectivity index (χ4v) is 5.03. The van der Waals surface area contributed by atoms with E-state index in [1.54, 1.807) is 4.52 Å². The van der Waals surface area contributed by atoms with Crippen molar-refractivity contribution in [2.75, 3.05) is 26.2 Å². The normalized spacial score (nSPS) is 22.8. The summed E-state index contributed by atoms with van der Waals surface area (Å²) in [6.45, 7) is 5.91. The van der Waals surface area contributed by atoms with Gasteiger partial charge in [0.25, 0.3) is 5.56 Å². The molecule has 4 heterocycles. The molecule has 0 radical (unpaired) electrons. The first-order chi connectivity index (χ1) is 14.1. The zero-order valence-corrected chi connectivity index (χ0v) is 17.3. The van der Waals surface area contributed by atoms with Crippen molar-refractivity contribution in [2.45, 2.75) is 64.3 Å². The number of amides is 1. The molecule has 0 unspecified atom stereocenters. The number of aromatic nitrogens is 3. The first kappa shape index (κ1) is 18.9. The van der Waals surface area contributed by atoms with Crippen LogP contribution in [0.5, 0.6) is 0 Å². The van der Waals surface area contributed by atoms with E-state index in [1.165, 1.54) is 25.8 Å².